The summed E-state index contributed by atoms with van der Waals surface area (Å²) in [6, 6.07) is 0. The van der Waals surface area contributed by atoms with Gasteiger partial charge < -0.3 is 9.64 Å². The molecule has 0 saturated heterocycles. The molecule has 0 fully saturated rings. The first-order chi connectivity index (χ1) is 6.69. The third kappa shape index (κ3) is 2.72. The van der Waals surface area contributed by atoms with Crippen LogP contribution in [-0.4, -0.2) is 36.6 Å². The molecule has 0 aliphatic rings. The summed E-state index contributed by atoms with van der Waals surface area (Å²) in [5, 5.41) is 0. The van der Waals surface area contributed by atoms with Crippen LogP contribution in [0.3, 0.4) is 0 Å². The maximum atomic E-state index is 5.61. The second-order valence-corrected chi connectivity index (χ2v) is 3.87. The van der Waals surface area contributed by atoms with Crippen LogP contribution in [-0.2, 0) is 0 Å². The first kappa shape index (κ1) is 11.5. The summed E-state index contributed by atoms with van der Waals surface area (Å²) in [6.07, 6.45) is 1.66. The largest absolute Gasteiger partial charge is 0.480 e. The van der Waals surface area contributed by atoms with E-state index in [1.165, 1.54) is 0 Å². The minimum absolute atomic E-state index is 0.524. The first-order valence-corrected chi connectivity index (χ1v) is 5.35. The van der Waals surface area contributed by atoms with Crippen molar-refractivity contribution in [2.45, 2.75) is 0 Å². The number of anilines is 1. The lowest BCUT2D eigenvalue weighted by Gasteiger charge is -2.15. The highest BCUT2D eigenvalue weighted by molar-refractivity contribution is 9.10. The highest BCUT2D eigenvalue weighted by Gasteiger charge is 2.08. The molecule has 0 atom stereocenters. The van der Waals surface area contributed by atoms with Crippen molar-refractivity contribution in [3.05, 3.63) is 10.7 Å². The van der Waals surface area contributed by atoms with Gasteiger partial charge in [0.05, 0.1) is 17.8 Å². The average Bonchev–Trinajstić information content (AvgIpc) is 2.19. The topological polar surface area (TPSA) is 38.2 Å². The minimum atomic E-state index is 0.524. The van der Waals surface area contributed by atoms with Crippen molar-refractivity contribution in [2.75, 3.05) is 31.5 Å². The van der Waals surface area contributed by atoms with Gasteiger partial charge in [0.25, 0.3) is 0 Å². The average molecular weight is 281 g/mol. The molecule has 4 nitrogen and oxygen atoms in total. The predicted molar refractivity (Wildman–Crippen MR) is 60.3 cm³/mol. The fourth-order valence-corrected chi connectivity index (χ4v) is 1.50. The molecular formula is C8H11BrClN3O. The Kier molecular flexibility index (Phi) is 4.41. The van der Waals surface area contributed by atoms with E-state index in [-0.39, 0.29) is 0 Å². The summed E-state index contributed by atoms with van der Waals surface area (Å²) in [5.41, 5.74) is 0. The lowest BCUT2D eigenvalue weighted by Crippen LogP contribution is -2.22. The van der Waals surface area contributed by atoms with Crippen LogP contribution in [0, 0.1) is 0 Å². The minimum Gasteiger partial charge on any atom is -0.480 e. The molecule has 0 saturated carbocycles. The maximum absolute atomic E-state index is 5.61. The Morgan fingerprint density at radius 3 is 2.93 bits per heavy atom. The van der Waals surface area contributed by atoms with Gasteiger partial charge in [-0.1, -0.05) is 0 Å². The normalized spacial score (nSPS) is 10.0. The van der Waals surface area contributed by atoms with Crippen LogP contribution in [0.25, 0.3) is 0 Å². The van der Waals surface area contributed by atoms with E-state index < -0.39 is 0 Å². The van der Waals surface area contributed by atoms with Gasteiger partial charge in [0, 0.05) is 19.5 Å². The second kappa shape index (κ2) is 5.36. The zero-order valence-electron chi connectivity index (χ0n) is 8.00. The van der Waals surface area contributed by atoms with Crippen LogP contribution in [0.1, 0.15) is 0 Å². The quantitative estimate of drug-likeness (QED) is 0.790. The van der Waals surface area contributed by atoms with Gasteiger partial charge in [0.15, 0.2) is 0 Å². The molecular weight excluding hydrogens is 269 g/mol. The molecule has 1 aromatic heterocycles. The van der Waals surface area contributed by atoms with E-state index in [4.69, 9.17) is 16.3 Å². The fraction of sp³-hybridized carbons (Fsp3) is 0.500. The lowest BCUT2D eigenvalue weighted by molar-refractivity contribution is 0.394. The molecule has 0 radical (unpaired) electrons. The van der Waals surface area contributed by atoms with Crippen molar-refractivity contribution >= 4 is 33.5 Å². The Labute approximate surface area is 96.4 Å². The monoisotopic (exact) mass is 279 g/mol. The Balaban J connectivity index is 2.88. The van der Waals surface area contributed by atoms with E-state index in [1.807, 2.05) is 11.9 Å². The molecule has 0 spiro atoms. The van der Waals surface area contributed by atoms with Crippen molar-refractivity contribution in [1.82, 2.24) is 9.97 Å². The lowest BCUT2D eigenvalue weighted by atomic mass is 10.6. The van der Waals surface area contributed by atoms with Crippen LogP contribution in [0.15, 0.2) is 10.7 Å². The zero-order valence-corrected chi connectivity index (χ0v) is 10.3. The van der Waals surface area contributed by atoms with E-state index >= 15 is 0 Å². The van der Waals surface area contributed by atoms with Crippen molar-refractivity contribution in [1.29, 1.82) is 0 Å². The number of nitrogens with zero attached hydrogens (tertiary/aromatic N) is 3. The Morgan fingerprint density at radius 2 is 2.36 bits per heavy atom. The molecule has 0 aromatic carbocycles. The van der Waals surface area contributed by atoms with E-state index in [0.29, 0.717) is 24.3 Å². The van der Waals surface area contributed by atoms with Crippen molar-refractivity contribution in [3.63, 3.8) is 0 Å². The van der Waals surface area contributed by atoms with E-state index in [0.717, 1.165) is 4.47 Å². The van der Waals surface area contributed by atoms with Crippen LogP contribution in [0.4, 0.5) is 5.95 Å². The van der Waals surface area contributed by atoms with Gasteiger partial charge >= 0.3 is 0 Å². The molecule has 0 aliphatic heterocycles. The molecule has 14 heavy (non-hydrogen) atoms. The van der Waals surface area contributed by atoms with E-state index in [2.05, 4.69) is 25.9 Å². The van der Waals surface area contributed by atoms with Gasteiger partial charge in [0.1, 0.15) is 0 Å². The number of alkyl halides is 1. The van der Waals surface area contributed by atoms with E-state index in [9.17, 15) is 0 Å². The van der Waals surface area contributed by atoms with Gasteiger partial charge in [0.2, 0.25) is 11.8 Å². The summed E-state index contributed by atoms with van der Waals surface area (Å²) in [7, 11) is 3.45. The van der Waals surface area contributed by atoms with Crippen molar-refractivity contribution < 1.29 is 4.74 Å². The molecule has 0 amide bonds. The highest BCUT2D eigenvalue weighted by Crippen LogP contribution is 2.22. The van der Waals surface area contributed by atoms with Gasteiger partial charge in [-0.25, -0.2) is 4.98 Å². The first-order valence-electron chi connectivity index (χ1n) is 4.02. The molecule has 1 rings (SSSR count). The van der Waals surface area contributed by atoms with Crippen molar-refractivity contribution in [2.24, 2.45) is 0 Å². The number of methoxy groups -OCH3 is 1. The third-order valence-electron chi connectivity index (χ3n) is 1.65. The summed E-state index contributed by atoms with van der Waals surface area (Å²) in [4.78, 5) is 10.2. The van der Waals surface area contributed by atoms with E-state index in [1.54, 1.807) is 13.3 Å². The molecule has 1 heterocycles. The van der Waals surface area contributed by atoms with Crippen LogP contribution >= 0.6 is 27.5 Å². The molecule has 0 aliphatic carbocycles. The van der Waals surface area contributed by atoms with Gasteiger partial charge in [-0.05, 0) is 15.9 Å². The van der Waals surface area contributed by atoms with Gasteiger partial charge in [-0.3, -0.25) is 0 Å². The SMILES string of the molecule is COc1nc(N(C)CCCl)ncc1Br. The molecule has 0 unspecified atom stereocenters. The summed E-state index contributed by atoms with van der Waals surface area (Å²) in [6.45, 7) is 0.701. The third-order valence-corrected chi connectivity index (χ3v) is 2.37. The molecule has 78 valence electrons. The summed E-state index contributed by atoms with van der Waals surface area (Å²) >= 11 is 8.90. The summed E-state index contributed by atoms with van der Waals surface area (Å²) in [5.74, 6) is 1.67. The van der Waals surface area contributed by atoms with Gasteiger partial charge in [-0.15, -0.1) is 11.6 Å². The Bertz CT molecular complexity index is 311. The number of hydrogen-bond donors (Lipinski definition) is 0. The predicted octanol–water partition coefficient (Wildman–Crippen LogP) is 1.92. The van der Waals surface area contributed by atoms with Crippen LogP contribution in [0.2, 0.25) is 0 Å². The highest BCUT2D eigenvalue weighted by atomic mass is 79.9. The zero-order chi connectivity index (χ0) is 10.6. The Hall–Kier alpha value is -0.550. The molecule has 1 aromatic rings. The fourth-order valence-electron chi connectivity index (χ4n) is 0.897. The smallest absolute Gasteiger partial charge is 0.232 e. The standard InChI is InChI=1S/C8H11BrClN3O/c1-13(4-3-10)8-11-5-6(9)7(12-8)14-2/h5H,3-4H2,1-2H3. The van der Waals surface area contributed by atoms with Gasteiger partial charge in [-0.2, -0.15) is 4.98 Å². The molecule has 0 N–H and O–H groups in total. The van der Waals surface area contributed by atoms with Crippen LogP contribution < -0.4 is 9.64 Å². The molecule has 0 bridgehead atoms. The van der Waals surface area contributed by atoms with Crippen molar-refractivity contribution in [3.8, 4) is 5.88 Å². The number of hydrogen-bond acceptors (Lipinski definition) is 4. The second-order valence-electron chi connectivity index (χ2n) is 2.64. The number of ether oxygens (including phenoxy) is 1. The number of aromatic nitrogens is 2. The number of rotatable bonds is 4. The maximum Gasteiger partial charge on any atom is 0.232 e. The molecule has 6 heteroatoms. The number of halogens is 2. The summed E-state index contributed by atoms with van der Waals surface area (Å²) < 4.78 is 5.80. The Morgan fingerprint density at radius 1 is 1.64 bits per heavy atom. The van der Waals surface area contributed by atoms with Crippen LogP contribution in [0.5, 0.6) is 5.88 Å².